The van der Waals surface area contributed by atoms with Crippen LogP contribution >= 0.6 is 0 Å². The Kier molecular flexibility index (Phi) is 5.11. The highest BCUT2D eigenvalue weighted by atomic mass is 16.1. The quantitative estimate of drug-likeness (QED) is 0.902. The van der Waals surface area contributed by atoms with Crippen LogP contribution in [0.2, 0.25) is 0 Å². The summed E-state index contributed by atoms with van der Waals surface area (Å²) in [4.78, 5) is 16.6. The minimum Gasteiger partial charge on any atom is -0.368 e. The molecular weight excluding hydrogens is 274 g/mol. The normalized spacial score (nSPS) is 23.2. The largest absolute Gasteiger partial charge is 0.368 e. The fraction of sp³-hybridized carbons (Fsp3) is 0.611. The first-order chi connectivity index (χ1) is 10.7. The molecule has 2 aliphatic heterocycles. The van der Waals surface area contributed by atoms with Crippen molar-refractivity contribution in [2.24, 2.45) is 5.73 Å². The number of fused-ring (bicyclic) bond motifs is 1. The van der Waals surface area contributed by atoms with Gasteiger partial charge in [-0.3, -0.25) is 9.69 Å². The van der Waals surface area contributed by atoms with Crippen molar-refractivity contribution in [2.45, 2.75) is 44.7 Å². The van der Waals surface area contributed by atoms with E-state index in [1.54, 1.807) is 0 Å². The lowest BCUT2D eigenvalue weighted by Crippen LogP contribution is -2.49. The van der Waals surface area contributed by atoms with Crippen molar-refractivity contribution in [1.82, 2.24) is 9.80 Å². The predicted molar refractivity (Wildman–Crippen MR) is 88.4 cm³/mol. The van der Waals surface area contributed by atoms with E-state index in [0.29, 0.717) is 0 Å². The second-order valence-corrected chi connectivity index (χ2v) is 6.62. The summed E-state index contributed by atoms with van der Waals surface area (Å²) in [6.45, 7) is 5.43. The molecule has 1 aromatic rings. The Bertz CT molecular complexity index is 511. The molecule has 2 N–H and O–H groups in total. The summed E-state index contributed by atoms with van der Waals surface area (Å²) in [7, 11) is 0. The van der Waals surface area contributed by atoms with Gasteiger partial charge in [-0.2, -0.15) is 0 Å². The summed E-state index contributed by atoms with van der Waals surface area (Å²) in [5.41, 5.74) is 8.26. The number of nitrogens with two attached hydrogens (primary N) is 1. The lowest BCUT2D eigenvalue weighted by Gasteiger charge is -2.35. The average molecular weight is 301 g/mol. The Balaban J connectivity index is 1.57. The summed E-state index contributed by atoms with van der Waals surface area (Å²) < 4.78 is 0. The zero-order valence-electron chi connectivity index (χ0n) is 13.3. The standard InChI is InChI=1S/C18H27N3O/c19-18(22)17-13-15-7-2-3-8-16(15)14-21(17)12-6-11-20-9-4-1-5-10-20/h2-3,7-8,17H,1,4-6,9-14H2,(H2,19,22)/t17-/m0/s1. The highest BCUT2D eigenvalue weighted by Gasteiger charge is 2.29. The van der Waals surface area contributed by atoms with E-state index in [1.165, 1.54) is 43.5 Å². The van der Waals surface area contributed by atoms with Crippen LogP contribution in [0.3, 0.4) is 0 Å². The second-order valence-electron chi connectivity index (χ2n) is 6.62. The number of rotatable bonds is 5. The van der Waals surface area contributed by atoms with Crippen LogP contribution in [-0.2, 0) is 17.8 Å². The van der Waals surface area contributed by atoms with E-state index in [9.17, 15) is 4.79 Å². The van der Waals surface area contributed by atoms with Gasteiger partial charge in [0.15, 0.2) is 0 Å². The van der Waals surface area contributed by atoms with E-state index in [0.717, 1.165) is 32.5 Å². The Hall–Kier alpha value is -1.39. The molecular formula is C18H27N3O. The molecule has 22 heavy (non-hydrogen) atoms. The molecule has 4 heteroatoms. The van der Waals surface area contributed by atoms with Crippen molar-refractivity contribution in [3.8, 4) is 0 Å². The van der Waals surface area contributed by atoms with Crippen molar-refractivity contribution >= 4 is 5.91 Å². The maximum Gasteiger partial charge on any atom is 0.235 e. The van der Waals surface area contributed by atoms with E-state index in [2.05, 4.69) is 28.0 Å². The van der Waals surface area contributed by atoms with Gasteiger partial charge in [-0.15, -0.1) is 0 Å². The van der Waals surface area contributed by atoms with Gasteiger partial charge in [-0.05, 0) is 56.4 Å². The third kappa shape index (κ3) is 3.68. The van der Waals surface area contributed by atoms with E-state index in [-0.39, 0.29) is 11.9 Å². The molecule has 0 aromatic heterocycles. The van der Waals surface area contributed by atoms with E-state index < -0.39 is 0 Å². The summed E-state index contributed by atoms with van der Waals surface area (Å²) in [5, 5.41) is 0. The van der Waals surface area contributed by atoms with Crippen LogP contribution in [0, 0.1) is 0 Å². The number of hydrogen-bond donors (Lipinski definition) is 1. The molecule has 1 atom stereocenters. The topological polar surface area (TPSA) is 49.6 Å². The minimum absolute atomic E-state index is 0.142. The predicted octanol–water partition coefficient (Wildman–Crippen LogP) is 1.77. The van der Waals surface area contributed by atoms with Crippen molar-refractivity contribution < 1.29 is 4.79 Å². The number of carbonyl (C=O) groups is 1. The number of amides is 1. The highest BCUT2D eigenvalue weighted by molar-refractivity contribution is 5.80. The minimum atomic E-state index is -0.188. The van der Waals surface area contributed by atoms with Crippen molar-refractivity contribution in [2.75, 3.05) is 26.2 Å². The van der Waals surface area contributed by atoms with Crippen LogP contribution in [0.5, 0.6) is 0 Å². The van der Waals surface area contributed by atoms with Gasteiger partial charge in [0, 0.05) is 13.1 Å². The number of benzene rings is 1. The third-order valence-corrected chi connectivity index (χ3v) is 5.04. The van der Waals surface area contributed by atoms with Gasteiger partial charge >= 0.3 is 0 Å². The first-order valence-corrected chi connectivity index (χ1v) is 8.56. The Morgan fingerprint density at radius 1 is 1.09 bits per heavy atom. The molecule has 2 heterocycles. The number of carbonyl (C=O) groups excluding carboxylic acids is 1. The maximum absolute atomic E-state index is 11.8. The molecule has 1 amide bonds. The molecule has 4 nitrogen and oxygen atoms in total. The Labute approximate surface area is 133 Å². The lowest BCUT2D eigenvalue weighted by molar-refractivity contribution is -0.123. The van der Waals surface area contributed by atoms with Gasteiger partial charge in [-0.1, -0.05) is 30.7 Å². The van der Waals surface area contributed by atoms with Gasteiger partial charge in [-0.25, -0.2) is 0 Å². The van der Waals surface area contributed by atoms with E-state index >= 15 is 0 Å². The third-order valence-electron chi connectivity index (χ3n) is 5.04. The molecule has 120 valence electrons. The monoisotopic (exact) mass is 301 g/mol. The molecule has 2 aliphatic rings. The van der Waals surface area contributed by atoms with Crippen LogP contribution in [-0.4, -0.2) is 47.9 Å². The van der Waals surface area contributed by atoms with Crippen molar-refractivity contribution in [1.29, 1.82) is 0 Å². The molecule has 1 aromatic carbocycles. The zero-order chi connectivity index (χ0) is 15.4. The summed E-state index contributed by atoms with van der Waals surface area (Å²) in [6, 6.07) is 8.27. The Morgan fingerprint density at radius 3 is 2.55 bits per heavy atom. The van der Waals surface area contributed by atoms with E-state index in [4.69, 9.17) is 5.73 Å². The SMILES string of the molecule is NC(=O)[C@@H]1Cc2ccccc2CN1CCCN1CCCCC1. The second kappa shape index (κ2) is 7.25. The fourth-order valence-corrected chi connectivity index (χ4v) is 3.77. The lowest BCUT2D eigenvalue weighted by atomic mass is 9.93. The number of primary amides is 1. The van der Waals surface area contributed by atoms with Gasteiger partial charge < -0.3 is 10.6 Å². The van der Waals surface area contributed by atoms with Crippen LogP contribution < -0.4 is 5.73 Å². The smallest absolute Gasteiger partial charge is 0.235 e. The number of likely N-dealkylation sites (tertiary alicyclic amines) is 1. The average Bonchev–Trinajstić information content (AvgIpc) is 2.55. The summed E-state index contributed by atoms with van der Waals surface area (Å²) >= 11 is 0. The molecule has 1 fully saturated rings. The van der Waals surface area contributed by atoms with E-state index in [1.807, 2.05) is 6.07 Å². The van der Waals surface area contributed by atoms with Gasteiger partial charge in [0.25, 0.3) is 0 Å². The maximum atomic E-state index is 11.8. The van der Waals surface area contributed by atoms with Crippen molar-refractivity contribution in [3.05, 3.63) is 35.4 Å². The van der Waals surface area contributed by atoms with Crippen LogP contribution in [0.4, 0.5) is 0 Å². The van der Waals surface area contributed by atoms with Gasteiger partial charge in [0.2, 0.25) is 5.91 Å². The molecule has 0 bridgehead atoms. The zero-order valence-corrected chi connectivity index (χ0v) is 13.3. The molecule has 0 spiro atoms. The van der Waals surface area contributed by atoms with Crippen molar-refractivity contribution in [3.63, 3.8) is 0 Å². The van der Waals surface area contributed by atoms with Gasteiger partial charge in [0.1, 0.15) is 0 Å². The molecule has 1 saturated heterocycles. The number of piperidine rings is 1. The summed E-state index contributed by atoms with van der Waals surface area (Å²) in [6.07, 6.45) is 5.92. The first kappa shape index (κ1) is 15.5. The van der Waals surface area contributed by atoms with Gasteiger partial charge in [0.05, 0.1) is 6.04 Å². The molecule has 0 radical (unpaired) electrons. The number of nitrogens with zero attached hydrogens (tertiary/aromatic N) is 2. The molecule has 3 rings (SSSR count). The number of hydrogen-bond acceptors (Lipinski definition) is 3. The van der Waals surface area contributed by atoms with Crippen LogP contribution in [0.25, 0.3) is 0 Å². The molecule has 0 saturated carbocycles. The Morgan fingerprint density at radius 2 is 1.82 bits per heavy atom. The first-order valence-electron chi connectivity index (χ1n) is 8.56. The highest BCUT2D eigenvalue weighted by Crippen LogP contribution is 2.23. The fourth-order valence-electron chi connectivity index (χ4n) is 3.77. The molecule has 0 aliphatic carbocycles. The molecule has 0 unspecified atom stereocenters. The summed E-state index contributed by atoms with van der Waals surface area (Å²) in [5.74, 6) is -0.188. The van der Waals surface area contributed by atoms with Crippen LogP contribution in [0.1, 0.15) is 36.8 Å². The van der Waals surface area contributed by atoms with Crippen LogP contribution in [0.15, 0.2) is 24.3 Å².